The van der Waals surface area contributed by atoms with Crippen molar-refractivity contribution >= 4 is 5.91 Å². The van der Waals surface area contributed by atoms with Crippen molar-refractivity contribution in [3.05, 3.63) is 36.5 Å². The van der Waals surface area contributed by atoms with Crippen LogP contribution in [-0.4, -0.2) is 46.1 Å². The van der Waals surface area contributed by atoms with Gasteiger partial charge in [-0.25, -0.2) is 0 Å². The first-order valence-corrected chi connectivity index (χ1v) is 35.3. The summed E-state index contributed by atoms with van der Waals surface area (Å²) in [7, 11) is 0. The number of aliphatic hydroxyl groups excluding tert-OH is 3. The van der Waals surface area contributed by atoms with Gasteiger partial charge in [-0.15, -0.1) is 0 Å². The predicted molar refractivity (Wildman–Crippen MR) is 342 cm³/mol. The van der Waals surface area contributed by atoms with Gasteiger partial charge in [0.1, 0.15) is 6.10 Å². The molecule has 77 heavy (non-hydrogen) atoms. The lowest BCUT2D eigenvalue weighted by Gasteiger charge is -2.21. The monoisotopic (exact) mass is 1080 g/mol. The second kappa shape index (κ2) is 67.1. The maximum atomic E-state index is 12.6. The third kappa shape index (κ3) is 62.0. The van der Waals surface area contributed by atoms with Crippen molar-refractivity contribution in [3.8, 4) is 0 Å². The number of rotatable bonds is 66. The van der Waals surface area contributed by atoms with Crippen LogP contribution in [0.15, 0.2) is 36.5 Å². The van der Waals surface area contributed by atoms with Gasteiger partial charge in [-0.2, -0.15) is 0 Å². The molecule has 0 radical (unpaired) electrons. The van der Waals surface area contributed by atoms with Gasteiger partial charge in [-0.05, 0) is 44.9 Å². The van der Waals surface area contributed by atoms with E-state index >= 15 is 0 Å². The molecular weight excluding hydrogens is 943 g/mol. The fourth-order valence-electron chi connectivity index (χ4n) is 11.3. The van der Waals surface area contributed by atoms with Crippen molar-refractivity contribution in [1.82, 2.24) is 5.32 Å². The summed E-state index contributed by atoms with van der Waals surface area (Å²) in [5.74, 6) is -0.509. The van der Waals surface area contributed by atoms with Gasteiger partial charge in [0.25, 0.3) is 0 Å². The smallest absolute Gasteiger partial charge is 0.249 e. The molecule has 0 rings (SSSR count). The van der Waals surface area contributed by atoms with Crippen molar-refractivity contribution in [2.24, 2.45) is 0 Å². The van der Waals surface area contributed by atoms with Crippen LogP contribution in [0.25, 0.3) is 0 Å². The molecule has 0 heterocycles. The predicted octanol–water partition coefficient (Wildman–Crippen LogP) is 22.9. The molecule has 0 aromatic carbocycles. The normalized spacial score (nSPS) is 13.3. The molecule has 456 valence electrons. The summed E-state index contributed by atoms with van der Waals surface area (Å²) in [6, 6.07) is -0.822. The van der Waals surface area contributed by atoms with E-state index in [0.29, 0.717) is 6.42 Å². The highest BCUT2D eigenvalue weighted by Crippen LogP contribution is 2.19. The highest BCUT2D eigenvalue weighted by atomic mass is 16.3. The van der Waals surface area contributed by atoms with Gasteiger partial charge in [0, 0.05) is 0 Å². The average molecular weight is 1080 g/mol. The molecule has 5 heteroatoms. The van der Waals surface area contributed by atoms with Crippen LogP contribution in [0.2, 0.25) is 0 Å². The summed E-state index contributed by atoms with van der Waals surface area (Å²) in [6.07, 6.45) is 90.2. The third-order valence-corrected chi connectivity index (χ3v) is 16.7. The number of carbonyl (C=O) groups is 1. The minimum atomic E-state index is -1.11. The molecule has 3 atom stereocenters. The molecule has 0 bridgehead atoms. The SMILES string of the molecule is CCCCCCCCCCCCCCCCC/C=C/CC/C=C/CC/C=C/C(O)C(CO)NC(=O)C(O)CCCCCCCCCCCCCCCCCCCCCCCCCCCCCCCCCCCCCCCC. The van der Waals surface area contributed by atoms with E-state index in [4.69, 9.17) is 0 Å². The molecule has 0 aliphatic heterocycles. The Morgan fingerprint density at radius 2 is 0.532 bits per heavy atom. The number of aliphatic hydroxyl groups is 3. The van der Waals surface area contributed by atoms with Crippen molar-refractivity contribution in [2.75, 3.05) is 6.61 Å². The number of amides is 1. The molecule has 0 aliphatic carbocycles. The lowest BCUT2D eigenvalue weighted by Crippen LogP contribution is -2.48. The number of hydrogen-bond donors (Lipinski definition) is 4. The number of nitrogens with one attached hydrogen (secondary N) is 1. The summed E-state index contributed by atoms with van der Waals surface area (Å²) < 4.78 is 0. The first-order valence-electron chi connectivity index (χ1n) is 35.3. The number of allylic oxidation sites excluding steroid dienone is 5. The first-order chi connectivity index (χ1) is 38.1. The molecule has 0 saturated carbocycles. The Balaban J connectivity index is 3.49. The third-order valence-electron chi connectivity index (χ3n) is 16.7. The van der Waals surface area contributed by atoms with Crippen LogP contribution in [0, 0.1) is 0 Å². The minimum absolute atomic E-state index is 0.378. The number of carbonyl (C=O) groups excluding carboxylic acids is 1. The lowest BCUT2D eigenvalue weighted by atomic mass is 10.0. The highest BCUT2D eigenvalue weighted by Gasteiger charge is 2.22. The molecule has 0 aromatic heterocycles. The summed E-state index contributed by atoms with van der Waals surface area (Å²) in [5, 5.41) is 33.5. The van der Waals surface area contributed by atoms with E-state index in [1.807, 2.05) is 6.08 Å². The minimum Gasteiger partial charge on any atom is -0.394 e. The van der Waals surface area contributed by atoms with E-state index in [-0.39, 0.29) is 6.61 Å². The van der Waals surface area contributed by atoms with E-state index in [9.17, 15) is 20.1 Å². The molecular formula is C72H139NO4. The molecule has 1 amide bonds. The maximum absolute atomic E-state index is 12.6. The van der Waals surface area contributed by atoms with Gasteiger partial charge in [-0.3, -0.25) is 4.79 Å². The average Bonchev–Trinajstić information content (AvgIpc) is 3.43. The molecule has 4 N–H and O–H groups in total. The van der Waals surface area contributed by atoms with Crippen molar-refractivity contribution in [3.63, 3.8) is 0 Å². The summed E-state index contributed by atoms with van der Waals surface area (Å²) in [6.45, 7) is 4.22. The second-order valence-electron chi connectivity index (χ2n) is 24.4. The van der Waals surface area contributed by atoms with E-state index in [0.717, 1.165) is 44.9 Å². The standard InChI is InChI=1S/C72H139NO4/c1-3-5-7-9-11-13-15-17-19-21-23-25-27-29-30-31-32-33-34-35-36-37-38-39-40-41-43-45-47-49-51-53-55-57-59-61-63-65-67-71(76)72(77)73-69(68-74)70(75)66-64-62-60-58-56-54-52-50-48-46-44-42-28-26-24-22-20-18-16-14-12-10-8-6-4-2/h48,50,56,58,64,66,69-71,74-76H,3-47,49,51-55,57,59-63,65,67-68H2,1-2H3,(H,73,77)/b50-48+,58-56+,66-64+. The zero-order chi connectivity index (χ0) is 55.7. The summed E-state index contributed by atoms with van der Waals surface area (Å²) >= 11 is 0. The Bertz CT molecular complexity index is 1200. The molecule has 0 aliphatic rings. The van der Waals surface area contributed by atoms with E-state index in [2.05, 4.69) is 43.5 Å². The van der Waals surface area contributed by atoms with Crippen molar-refractivity contribution in [2.45, 2.75) is 411 Å². The van der Waals surface area contributed by atoms with E-state index in [1.165, 1.54) is 327 Å². The van der Waals surface area contributed by atoms with E-state index in [1.54, 1.807) is 6.08 Å². The lowest BCUT2D eigenvalue weighted by molar-refractivity contribution is -0.131. The Labute approximate surface area is 483 Å². The van der Waals surface area contributed by atoms with Crippen LogP contribution < -0.4 is 5.32 Å². The number of unbranched alkanes of at least 4 members (excludes halogenated alkanes) is 54. The Hall–Kier alpha value is -1.43. The second-order valence-corrected chi connectivity index (χ2v) is 24.4. The van der Waals surface area contributed by atoms with Crippen LogP contribution in [0.3, 0.4) is 0 Å². The van der Waals surface area contributed by atoms with Gasteiger partial charge in [0.2, 0.25) is 5.91 Å². The zero-order valence-corrected chi connectivity index (χ0v) is 52.4. The van der Waals surface area contributed by atoms with Gasteiger partial charge < -0.3 is 20.6 Å². The van der Waals surface area contributed by atoms with Gasteiger partial charge in [0.15, 0.2) is 0 Å². The summed E-state index contributed by atoms with van der Waals surface area (Å²) in [5.41, 5.74) is 0. The van der Waals surface area contributed by atoms with Crippen molar-refractivity contribution < 1.29 is 20.1 Å². The topological polar surface area (TPSA) is 89.8 Å². The Kier molecular flexibility index (Phi) is 65.8. The fraction of sp³-hybridized carbons (Fsp3) is 0.903. The van der Waals surface area contributed by atoms with Crippen molar-refractivity contribution in [1.29, 1.82) is 0 Å². The maximum Gasteiger partial charge on any atom is 0.249 e. The molecule has 0 aromatic rings. The largest absolute Gasteiger partial charge is 0.394 e. The van der Waals surface area contributed by atoms with Gasteiger partial charge in [-0.1, -0.05) is 384 Å². The van der Waals surface area contributed by atoms with Crippen LogP contribution >= 0.6 is 0 Å². The molecule has 0 fully saturated rings. The summed E-state index contributed by atoms with van der Waals surface area (Å²) in [4.78, 5) is 12.6. The van der Waals surface area contributed by atoms with Crippen LogP contribution in [-0.2, 0) is 4.79 Å². The fourth-order valence-corrected chi connectivity index (χ4v) is 11.3. The molecule has 0 spiro atoms. The first kappa shape index (κ1) is 75.6. The Morgan fingerprint density at radius 3 is 0.792 bits per heavy atom. The van der Waals surface area contributed by atoms with E-state index < -0.39 is 24.2 Å². The highest BCUT2D eigenvalue weighted by molar-refractivity contribution is 5.80. The number of hydrogen-bond acceptors (Lipinski definition) is 4. The molecule has 0 saturated heterocycles. The van der Waals surface area contributed by atoms with Crippen LogP contribution in [0.5, 0.6) is 0 Å². The Morgan fingerprint density at radius 1 is 0.312 bits per heavy atom. The van der Waals surface area contributed by atoms with Crippen LogP contribution in [0.4, 0.5) is 0 Å². The molecule has 3 unspecified atom stereocenters. The quantitative estimate of drug-likeness (QED) is 0.0361. The zero-order valence-electron chi connectivity index (χ0n) is 52.4. The van der Waals surface area contributed by atoms with Gasteiger partial charge in [0.05, 0.1) is 18.8 Å². The van der Waals surface area contributed by atoms with Gasteiger partial charge >= 0.3 is 0 Å². The molecule has 5 nitrogen and oxygen atoms in total. The van der Waals surface area contributed by atoms with Crippen LogP contribution in [0.1, 0.15) is 393 Å².